The number of piperidine rings is 1. The number of pyridine rings is 1. The summed E-state index contributed by atoms with van der Waals surface area (Å²) in [7, 11) is 1.68. The van der Waals surface area contributed by atoms with Gasteiger partial charge in [-0.2, -0.15) is 0 Å². The summed E-state index contributed by atoms with van der Waals surface area (Å²) >= 11 is 0. The molecule has 6 heteroatoms. The second-order valence-corrected chi connectivity index (χ2v) is 5.34. The van der Waals surface area contributed by atoms with Gasteiger partial charge >= 0.3 is 0 Å². The number of hydrogen-bond donors (Lipinski definition) is 2. The summed E-state index contributed by atoms with van der Waals surface area (Å²) < 4.78 is 1.92. The first kappa shape index (κ1) is 13.9. The molecule has 0 aromatic carbocycles. The molecule has 0 aliphatic carbocycles. The molecule has 0 spiro atoms. The highest BCUT2D eigenvalue weighted by Crippen LogP contribution is 2.27. The minimum absolute atomic E-state index is 0.0457. The van der Waals surface area contributed by atoms with E-state index in [1.165, 1.54) is 0 Å². The first-order chi connectivity index (χ1) is 10.2. The molecule has 0 saturated carbocycles. The fraction of sp³-hybridized carbons (Fsp3) is 0.467. The molecule has 3 rings (SSSR count). The maximum atomic E-state index is 11.7. The van der Waals surface area contributed by atoms with Gasteiger partial charge in [0.25, 0.3) is 0 Å². The molecule has 21 heavy (non-hydrogen) atoms. The van der Waals surface area contributed by atoms with E-state index < -0.39 is 0 Å². The number of aliphatic hydroxyl groups excluding tert-OH is 1. The molecular formula is C15H20N4O2. The first-order valence-electron chi connectivity index (χ1n) is 7.28. The Morgan fingerprint density at radius 1 is 1.43 bits per heavy atom. The van der Waals surface area contributed by atoms with Crippen LogP contribution in [-0.2, 0) is 11.4 Å². The van der Waals surface area contributed by atoms with Crippen LogP contribution in [0.1, 0.15) is 18.5 Å². The van der Waals surface area contributed by atoms with Gasteiger partial charge in [0.1, 0.15) is 5.65 Å². The van der Waals surface area contributed by atoms with Crippen molar-refractivity contribution in [3.63, 3.8) is 0 Å². The molecule has 1 saturated heterocycles. The van der Waals surface area contributed by atoms with Crippen molar-refractivity contribution >= 4 is 17.4 Å². The van der Waals surface area contributed by atoms with Gasteiger partial charge < -0.3 is 15.3 Å². The van der Waals surface area contributed by atoms with E-state index in [2.05, 4.69) is 15.2 Å². The monoisotopic (exact) mass is 288 g/mol. The van der Waals surface area contributed by atoms with Gasteiger partial charge in [-0.1, -0.05) is 6.07 Å². The number of carbonyl (C=O) groups is 1. The van der Waals surface area contributed by atoms with E-state index in [0.717, 1.165) is 43.1 Å². The summed E-state index contributed by atoms with van der Waals surface area (Å²) in [5, 5.41) is 12.4. The predicted molar refractivity (Wildman–Crippen MR) is 80.1 cm³/mol. The molecule has 2 aromatic rings. The fourth-order valence-corrected chi connectivity index (χ4v) is 2.99. The molecule has 0 bridgehead atoms. The lowest BCUT2D eigenvalue weighted by Crippen LogP contribution is -2.40. The Labute approximate surface area is 123 Å². The van der Waals surface area contributed by atoms with Gasteiger partial charge in [-0.15, -0.1) is 0 Å². The summed E-state index contributed by atoms with van der Waals surface area (Å²) in [5.41, 5.74) is 1.65. The zero-order valence-electron chi connectivity index (χ0n) is 12.1. The number of amides is 1. The Bertz CT molecular complexity index is 644. The molecule has 0 atom stereocenters. The van der Waals surface area contributed by atoms with Crippen LogP contribution in [0, 0.1) is 5.92 Å². The van der Waals surface area contributed by atoms with E-state index in [1.54, 1.807) is 7.05 Å². The van der Waals surface area contributed by atoms with Gasteiger partial charge in [0.2, 0.25) is 5.91 Å². The minimum atomic E-state index is -0.0457. The highest BCUT2D eigenvalue weighted by molar-refractivity contribution is 5.78. The Kier molecular flexibility index (Phi) is 3.79. The van der Waals surface area contributed by atoms with Crippen molar-refractivity contribution in [2.75, 3.05) is 25.0 Å². The predicted octanol–water partition coefficient (Wildman–Crippen LogP) is 0.789. The summed E-state index contributed by atoms with van der Waals surface area (Å²) in [6.07, 6.45) is 3.55. The highest BCUT2D eigenvalue weighted by Gasteiger charge is 2.27. The topological polar surface area (TPSA) is 69.9 Å². The Morgan fingerprint density at radius 3 is 2.86 bits per heavy atom. The number of nitrogens with one attached hydrogen (secondary N) is 1. The molecule has 2 N–H and O–H groups in total. The van der Waals surface area contributed by atoms with Crippen LogP contribution in [0.5, 0.6) is 0 Å². The van der Waals surface area contributed by atoms with Crippen LogP contribution in [0.2, 0.25) is 0 Å². The van der Waals surface area contributed by atoms with Crippen LogP contribution >= 0.6 is 0 Å². The number of aliphatic hydroxyl groups is 1. The van der Waals surface area contributed by atoms with Crippen molar-refractivity contribution in [2.24, 2.45) is 5.92 Å². The normalized spacial score (nSPS) is 16.4. The van der Waals surface area contributed by atoms with Crippen LogP contribution in [0.15, 0.2) is 24.4 Å². The summed E-state index contributed by atoms with van der Waals surface area (Å²) in [6.45, 7) is 1.53. The van der Waals surface area contributed by atoms with E-state index in [9.17, 15) is 9.90 Å². The molecule has 1 fully saturated rings. The molecule has 1 aliphatic heterocycles. The largest absolute Gasteiger partial charge is 0.390 e. The summed E-state index contributed by atoms with van der Waals surface area (Å²) in [6, 6.07) is 5.79. The van der Waals surface area contributed by atoms with Crippen molar-refractivity contribution in [2.45, 2.75) is 19.4 Å². The SMILES string of the molecule is CNC(=O)C1CCN(c2nc3ccccn3c2CO)CC1. The molecule has 6 nitrogen and oxygen atoms in total. The fourth-order valence-electron chi connectivity index (χ4n) is 2.99. The maximum absolute atomic E-state index is 11.7. The van der Waals surface area contributed by atoms with Crippen molar-refractivity contribution in [3.05, 3.63) is 30.1 Å². The Morgan fingerprint density at radius 2 is 2.19 bits per heavy atom. The van der Waals surface area contributed by atoms with Gasteiger partial charge in [-0.05, 0) is 25.0 Å². The third-order valence-electron chi connectivity index (χ3n) is 4.17. The van der Waals surface area contributed by atoms with Crippen molar-refractivity contribution in [1.29, 1.82) is 0 Å². The van der Waals surface area contributed by atoms with Crippen molar-refractivity contribution in [3.8, 4) is 0 Å². The smallest absolute Gasteiger partial charge is 0.222 e. The number of fused-ring (bicyclic) bond motifs is 1. The van der Waals surface area contributed by atoms with Gasteiger partial charge in [-0.25, -0.2) is 4.98 Å². The standard InChI is InChI=1S/C15H20N4O2/c1-16-15(21)11-5-8-18(9-6-11)14-12(10-20)19-7-3-2-4-13(19)17-14/h2-4,7,11,20H,5-6,8-10H2,1H3,(H,16,21). The average molecular weight is 288 g/mol. The summed E-state index contributed by atoms with van der Waals surface area (Å²) in [5.74, 6) is 1.03. The maximum Gasteiger partial charge on any atom is 0.222 e. The minimum Gasteiger partial charge on any atom is -0.390 e. The molecule has 1 amide bonds. The number of rotatable bonds is 3. The van der Waals surface area contributed by atoms with Crippen LogP contribution in [-0.4, -0.2) is 40.5 Å². The number of hydrogen-bond acceptors (Lipinski definition) is 4. The zero-order chi connectivity index (χ0) is 14.8. The van der Waals surface area contributed by atoms with Crippen LogP contribution in [0.3, 0.4) is 0 Å². The molecule has 3 heterocycles. The second kappa shape index (κ2) is 5.73. The quantitative estimate of drug-likeness (QED) is 0.876. The lowest BCUT2D eigenvalue weighted by atomic mass is 9.96. The number of aromatic nitrogens is 2. The Balaban J connectivity index is 1.84. The number of anilines is 1. The molecule has 2 aromatic heterocycles. The van der Waals surface area contributed by atoms with Gasteiger partial charge in [-0.3, -0.25) is 9.20 Å². The van der Waals surface area contributed by atoms with Crippen LogP contribution < -0.4 is 10.2 Å². The van der Waals surface area contributed by atoms with Gasteiger partial charge in [0.15, 0.2) is 5.82 Å². The first-order valence-corrected chi connectivity index (χ1v) is 7.28. The van der Waals surface area contributed by atoms with Crippen LogP contribution in [0.4, 0.5) is 5.82 Å². The van der Waals surface area contributed by atoms with E-state index >= 15 is 0 Å². The van der Waals surface area contributed by atoms with E-state index in [1.807, 2.05) is 28.8 Å². The third-order valence-corrected chi connectivity index (χ3v) is 4.17. The molecule has 1 aliphatic rings. The van der Waals surface area contributed by atoms with E-state index in [-0.39, 0.29) is 18.4 Å². The Hall–Kier alpha value is -2.08. The lowest BCUT2D eigenvalue weighted by Gasteiger charge is -2.31. The molecule has 112 valence electrons. The molecule has 0 radical (unpaired) electrons. The number of nitrogens with zero attached hydrogens (tertiary/aromatic N) is 3. The average Bonchev–Trinajstić information content (AvgIpc) is 2.92. The van der Waals surface area contributed by atoms with E-state index in [4.69, 9.17) is 0 Å². The molecule has 0 unspecified atom stereocenters. The van der Waals surface area contributed by atoms with E-state index in [0.29, 0.717) is 0 Å². The highest BCUT2D eigenvalue weighted by atomic mass is 16.3. The van der Waals surface area contributed by atoms with Crippen LogP contribution in [0.25, 0.3) is 5.65 Å². The summed E-state index contributed by atoms with van der Waals surface area (Å²) in [4.78, 5) is 18.5. The van der Waals surface area contributed by atoms with Gasteiger partial charge in [0, 0.05) is 32.3 Å². The molecular weight excluding hydrogens is 268 g/mol. The van der Waals surface area contributed by atoms with Crippen molar-refractivity contribution in [1.82, 2.24) is 14.7 Å². The number of imidazole rings is 1. The lowest BCUT2D eigenvalue weighted by molar-refractivity contribution is -0.125. The number of carbonyl (C=O) groups excluding carboxylic acids is 1. The van der Waals surface area contributed by atoms with Crippen molar-refractivity contribution < 1.29 is 9.90 Å². The van der Waals surface area contributed by atoms with Gasteiger partial charge in [0.05, 0.1) is 12.3 Å². The third kappa shape index (κ3) is 2.47. The zero-order valence-corrected chi connectivity index (χ0v) is 12.1. The second-order valence-electron chi connectivity index (χ2n) is 5.34.